The highest BCUT2D eigenvalue weighted by atomic mass is 19.1. The van der Waals surface area contributed by atoms with E-state index in [1.165, 1.54) is 0 Å². The van der Waals surface area contributed by atoms with Gasteiger partial charge in [0.25, 0.3) is 0 Å². The van der Waals surface area contributed by atoms with Crippen LogP contribution in [0, 0.1) is 0 Å². The molecule has 50 valence electrons. The van der Waals surface area contributed by atoms with Crippen LogP contribution >= 0.6 is 0 Å². The van der Waals surface area contributed by atoms with Gasteiger partial charge in [0.1, 0.15) is 12.8 Å². The van der Waals surface area contributed by atoms with Gasteiger partial charge in [-0.05, 0) is 6.42 Å². The first kappa shape index (κ1) is 7.82. The number of rotatable bonds is 3. The average Bonchev–Trinajstić information content (AvgIpc) is 1.84. The van der Waals surface area contributed by atoms with Crippen LogP contribution in [0.3, 0.4) is 0 Å². The van der Waals surface area contributed by atoms with Crippen molar-refractivity contribution in [3.63, 3.8) is 0 Å². The van der Waals surface area contributed by atoms with Gasteiger partial charge in [0.05, 0.1) is 6.04 Å². The van der Waals surface area contributed by atoms with Crippen molar-refractivity contribution >= 4 is 0 Å². The van der Waals surface area contributed by atoms with Gasteiger partial charge < -0.3 is 5.73 Å². The summed E-state index contributed by atoms with van der Waals surface area (Å²) in [5, 5.41) is 0. The molecule has 0 aromatic heterocycles. The normalized spacial score (nSPS) is 18.0. The molecule has 2 N–H and O–H groups in total. The second-order valence-corrected chi connectivity index (χ2v) is 1.74. The van der Waals surface area contributed by atoms with Gasteiger partial charge in [-0.25, -0.2) is 8.78 Å². The van der Waals surface area contributed by atoms with E-state index in [-0.39, 0.29) is 0 Å². The van der Waals surface area contributed by atoms with Gasteiger partial charge in [-0.2, -0.15) is 0 Å². The van der Waals surface area contributed by atoms with Crippen molar-refractivity contribution in [1.82, 2.24) is 0 Å². The van der Waals surface area contributed by atoms with Crippen molar-refractivity contribution in [2.24, 2.45) is 5.73 Å². The molecule has 0 spiro atoms. The molecule has 0 aromatic carbocycles. The highest BCUT2D eigenvalue weighted by molar-refractivity contribution is 4.68. The fourth-order valence-electron chi connectivity index (χ4n) is 0.399. The molecule has 8 heavy (non-hydrogen) atoms. The molecule has 0 aromatic rings. The second kappa shape index (κ2) is 3.78. The molecule has 0 radical (unpaired) electrons. The van der Waals surface area contributed by atoms with Gasteiger partial charge >= 0.3 is 0 Å². The Balaban J connectivity index is 3.29. The molecule has 0 fully saturated rings. The van der Waals surface area contributed by atoms with Crippen LogP contribution in [0.1, 0.15) is 13.3 Å². The number of alkyl halides is 2. The zero-order valence-corrected chi connectivity index (χ0v) is 4.90. The number of halogens is 2. The molecule has 0 aliphatic carbocycles. The number of hydrogen-bond acceptors (Lipinski definition) is 1. The third-order valence-corrected chi connectivity index (χ3v) is 1.03. The molecule has 0 heterocycles. The Bertz CT molecular complexity index is 50.4. The van der Waals surface area contributed by atoms with Crippen LogP contribution in [-0.4, -0.2) is 18.9 Å². The quantitative estimate of drug-likeness (QED) is 0.596. The molecule has 0 aliphatic heterocycles. The predicted octanol–water partition coefficient (Wildman–Crippen LogP) is 1.03. The van der Waals surface area contributed by atoms with Gasteiger partial charge in [0.2, 0.25) is 0 Å². The van der Waals surface area contributed by atoms with Crippen molar-refractivity contribution in [2.45, 2.75) is 25.6 Å². The summed E-state index contributed by atoms with van der Waals surface area (Å²) in [5.41, 5.74) is 4.98. The van der Waals surface area contributed by atoms with Crippen molar-refractivity contribution < 1.29 is 8.78 Å². The van der Waals surface area contributed by atoms with Crippen molar-refractivity contribution in [3.8, 4) is 0 Å². The molecule has 0 saturated carbocycles. The van der Waals surface area contributed by atoms with E-state index >= 15 is 0 Å². The largest absolute Gasteiger partial charge is 0.323 e. The maximum absolute atomic E-state index is 12.2. The maximum atomic E-state index is 12.2. The lowest BCUT2D eigenvalue weighted by Crippen LogP contribution is -2.32. The van der Waals surface area contributed by atoms with Crippen LogP contribution in [0.2, 0.25) is 0 Å². The van der Waals surface area contributed by atoms with E-state index in [1.807, 2.05) is 0 Å². The summed E-state index contributed by atoms with van der Waals surface area (Å²) in [7, 11) is 0. The highest BCUT2D eigenvalue weighted by Crippen LogP contribution is 2.00. The molecule has 0 bridgehead atoms. The predicted molar refractivity (Wildman–Crippen MR) is 29.1 cm³/mol. The first-order valence-corrected chi connectivity index (χ1v) is 2.68. The van der Waals surface area contributed by atoms with E-state index < -0.39 is 18.9 Å². The molecule has 0 amide bonds. The van der Waals surface area contributed by atoms with E-state index in [2.05, 4.69) is 0 Å². The molecule has 1 nitrogen and oxygen atoms in total. The second-order valence-electron chi connectivity index (χ2n) is 1.74. The number of hydrogen-bond donors (Lipinski definition) is 1. The highest BCUT2D eigenvalue weighted by Gasteiger charge is 2.12. The topological polar surface area (TPSA) is 26.0 Å². The Hall–Kier alpha value is -0.180. The number of nitrogens with two attached hydrogens (primary N) is 1. The first-order valence-electron chi connectivity index (χ1n) is 2.68. The van der Waals surface area contributed by atoms with Crippen LogP contribution in [0.5, 0.6) is 0 Å². The third kappa shape index (κ3) is 2.21. The van der Waals surface area contributed by atoms with Crippen LogP contribution in [0.25, 0.3) is 0 Å². The molecule has 0 aliphatic rings. The summed E-state index contributed by atoms with van der Waals surface area (Å²) >= 11 is 0. The van der Waals surface area contributed by atoms with Crippen molar-refractivity contribution in [1.29, 1.82) is 0 Å². The van der Waals surface area contributed by atoms with Crippen LogP contribution < -0.4 is 5.73 Å². The average molecular weight is 123 g/mol. The minimum Gasteiger partial charge on any atom is -0.323 e. The van der Waals surface area contributed by atoms with Gasteiger partial charge in [-0.1, -0.05) is 6.92 Å². The molecule has 3 heteroatoms. The molecular weight excluding hydrogens is 112 g/mol. The van der Waals surface area contributed by atoms with Crippen LogP contribution in [0.4, 0.5) is 8.78 Å². The SMILES string of the molecule is CCC(F)C(N)CF. The van der Waals surface area contributed by atoms with E-state index in [0.717, 1.165) is 0 Å². The van der Waals surface area contributed by atoms with Gasteiger partial charge in [0, 0.05) is 0 Å². The lowest BCUT2D eigenvalue weighted by atomic mass is 10.2. The summed E-state index contributed by atoms with van der Waals surface area (Å²) in [6.45, 7) is 0.870. The molecule has 0 rings (SSSR count). The minimum absolute atomic E-state index is 0.297. The molecule has 2 atom stereocenters. The molecular formula is C5H11F2N. The minimum atomic E-state index is -1.18. The fourth-order valence-corrected chi connectivity index (χ4v) is 0.399. The molecule has 2 unspecified atom stereocenters. The third-order valence-electron chi connectivity index (χ3n) is 1.03. The van der Waals surface area contributed by atoms with E-state index in [1.54, 1.807) is 6.92 Å². The Kier molecular flexibility index (Phi) is 3.69. The lowest BCUT2D eigenvalue weighted by molar-refractivity contribution is 0.240. The van der Waals surface area contributed by atoms with Gasteiger partial charge in [-0.3, -0.25) is 0 Å². The van der Waals surface area contributed by atoms with Crippen LogP contribution in [-0.2, 0) is 0 Å². The van der Waals surface area contributed by atoms with Crippen molar-refractivity contribution in [2.75, 3.05) is 6.67 Å². The van der Waals surface area contributed by atoms with E-state index in [9.17, 15) is 8.78 Å². The first-order chi connectivity index (χ1) is 3.72. The standard InChI is InChI=1S/C5H11F2N/c1-2-4(7)5(8)3-6/h4-5H,2-3,8H2,1H3. The smallest absolute Gasteiger partial charge is 0.117 e. The summed E-state index contributed by atoms with van der Waals surface area (Å²) in [6.07, 6.45) is -0.884. The van der Waals surface area contributed by atoms with Gasteiger partial charge in [-0.15, -0.1) is 0 Å². The van der Waals surface area contributed by atoms with Crippen molar-refractivity contribution in [3.05, 3.63) is 0 Å². The Morgan fingerprint density at radius 1 is 1.62 bits per heavy atom. The van der Waals surface area contributed by atoms with E-state index in [4.69, 9.17) is 5.73 Å². The summed E-state index contributed by atoms with van der Waals surface area (Å²) in [5.74, 6) is 0. The zero-order chi connectivity index (χ0) is 6.57. The summed E-state index contributed by atoms with van der Waals surface area (Å²) in [4.78, 5) is 0. The molecule has 0 saturated heterocycles. The lowest BCUT2D eigenvalue weighted by Gasteiger charge is -2.09. The Morgan fingerprint density at radius 2 is 2.12 bits per heavy atom. The van der Waals surface area contributed by atoms with E-state index in [0.29, 0.717) is 6.42 Å². The Morgan fingerprint density at radius 3 is 2.25 bits per heavy atom. The maximum Gasteiger partial charge on any atom is 0.117 e. The zero-order valence-electron chi connectivity index (χ0n) is 4.90. The Labute approximate surface area is 47.9 Å². The fraction of sp³-hybridized carbons (Fsp3) is 1.00. The summed E-state index contributed by atoms with van der Waals surface area (Å²) in [6, 6.07) is -0.917. The van der Waals surface area contributed by atoms with Gasteiger partial charge in [0.15, 0.2) is 0 Å². The van der Waals surface area contributed by atoms with Crippen LogP contribution in [0.15, 0.2) is 0 Å². The monoisotopic (exact) mass is 123 g/mol. The summed E-state index contributed by atoms with van der Waals surface area (Å²) < 4.78 is 23.6.